The zero-order valence-corrected chi connectivity index (χ0v) is 11.2. The molecule has 7 heteroatoms. The van der Waals surface area contributed by atoms with Crippen LogP contribution in [0.15, 0.2) is 41.8 Å². The maximum absolute atomic E-state index is 13.3. The molecule has 1 saturated carbocycles. The third-order valence-corrected chi connectivity index (χ3v) is 4.38. The van der Waals surface area contributed by atoms with Gasteiger partial charge in [-0.25, -0.2) is 0 Å². The van der Waals surface area contributed by atoms with E-state index in [2.05, 4.69) is 10.2 Å². The quantitative estimate of drug-likeness (QED) is 0.799. The van der Waals surface area contributed by atoms with Crippen LogP contribution in [0.4, 0.5) is 13.2 Å². The van der Waals surface area contributed by atoms with Gasteiger partial charge in [0.15, 0.2) is 5.16 Å². The van der Waals surface area contributed by atoms with Crippen LogP contribution in [0.1, 0.15) is 29.7 Å². The molecule has 1 aromatic heterocycles. The van der Waals surface area contributed by atoms with E-state index in [-0.39, 0.29) is 11.6 Å². The molecule has 20 heavy (non-hydrogen) atoms. The van der Waals surface area contributed by atoms with Crippen molar-refractivity contribution in [2.24, 2.45) is 0 Å². The summed E-state index contributed by atoms with van der Waals surface area (Å²) in [4.78, 5) is 0. The highest BCUT2D eigenvalue weighted by atomic mass is 32.2. The fourth-order valence-electron chi connectivity index (χ4n) is 1.98. The van der Waals surface area contributed by atoms with E-state index in [1.54, 1.807) is 22.8 Å². The first-order chi connectivity index (χ1) is 9.55. The van der Waals surface area contributed by atoms with Gasteiger partial charge in [-0.05, 0) is 18.4 Å². The Balaban J connectivity index is 1.89. The van der Waals surface area contributed by atoms with Crippen molar-refractivity contribution in [2.75, 3.05) is 0 Å². The first-order valence-corrected chi connectivity index (χ1v) is 7.11. The van der Waals surface area contributed by atoms with Gasteiger partial charge >= 0.3 is 6.18 Å². The SMILES string of the molecule is FC(F)(F)[C@@H](Sc1nncn1C1CC1)c1ccccc1. The lowest BCUT2D eigenvalue weighted by atomic mass is 10.1. The normalized spacial score (nSPS) is 17.1. The third-order valence-electron chi connectivity index (χ3n) is 3.10. The summed E-state index contributed by atoms with van der Waals surface area (Å²) in [7, 11) is 0. The van der Waals surface area contributed by atoms with Crippen molar-refractivity contribution < 1.29 is 13.2 Å². The van der Waals surface area contributed by atoms with Crippen molar-refractivity contribution in [1.29, 1.82) is 0 Å². The van der Waals surface area contributed by atoms with E-state index < -0.39 is 11.4 Å². The molecule has 1 aliphatic rings. The Labute approximate surface area is 118 Å². The smallest absolute Gasteiger partial charge is 0.306 e. The lowest BCUT2D eigenvalue weighted by Crippen LogP contribution is -2.18. The van der Waals surface area contributed by atoms with Gasteiger partial charge < -0.3 is 4.57 Å². The summed E-state index contributed by atoms with van der Waals surface area (Å²) >= 11 is 0.715. The van der Waals surface area contributed by atoms with Crippen molar-refractivity contribution in [1.82, 2.24) is 14.8 Å². The van der Waals surface area contributed by atoms with E-state index >= 15 is 0 Å². The van der Waals surface area contributed by atoms with Gasteiger partial charge in [-0.3, -0.25) is 0 Å². The summed E-state index contributed by atoms with van der Waals surface area (Å²) in [5.74, 6) is 0. The summed E-state index contributed by atoms with van der Waals surface area (Å²) in [6, 6.07) is 8.16. The maximum Gasteiger partial charge on any atom is 0.404 e. The minimum Gasteiger partial charge on any atom is -0.306 e. The van der Waals surface area contributed by atoms with E-state index in [1.807, 2.05) is 0 Å². The van der Waals surface area contributed by atoms with Crippen LogP contribution in [0.3, 0.4) is 0 Å². The molecule has 1 atom stereocenters. The predicted molar refractivity (Wildman–Crippen MR) is 69.4 cm³/mol. The van der Waals surface area contributed by atoms with E-state index in [0.29, 0.717) is 16.9 Å². The molecule has 0 aliphatic heterocycles. The first-order valence-electron chi connectivity index (χ1n) is 6.23. The number of halogens is 3. The van der Waals surface area contributed by atoms with E-state index in [9.17, 15) is 13.2 Å². The first kappa shape index (κ1) is 13.5. The van der Waals surface area contributed by atoms with Crippen LogP contribution in [0.2, 0.25) is 0 Å². The van der Waals surface area contributed by atoms with Crippen molar-refractivity contribution in [3.05, 3.63) is 42.2 Å². The summed E-state index contributed by atoms with van der Waals surface area (Å²) < 4.78 is 41.5. The van der Waals surface area contributed by atoms with Crippen LogP contribution >= 0.6 is 11.8 Å². The molecule has 0 saturated heterocycles. The summed E-state index contributed by atoms with van der Waals surface area (Å²) in [6.07, 6.45) is -0.855. The monoisotopic (exact) mass is 299 g/mol. The fraction of sp³-hybridized carbons (Fsp3) is 0.385. The van der Waals surface area contributed by atoms with E-state index in [0.717, 1.165) is 12.8 Å². The van der Waals surface area contributed by atoms with E-state index in [1.165, 1.54) is 18.5 Å². The van der Waals surface area contributed by atoms with Gasteiger partial charge in [0.1, 0.15) is 11.6 Å². The Hall–Kier alpha value is -1.50. The Morgan fingerprint density at radius 3 is 2.50 bits per heavy atom. The lowest BCUT2D eigenvalue weighted by molar-refractivity contribution is -0.129. The average molecular weight is 299 g/mol. The van der Waals surface area contributed by atoms with Gasteiger partial charge in [-0.15, -0.1) is 10.2 Å². The van der Waals surface area contributed by atoms with Crippen molar-refractivity contribution in [3.8, 4) is 0 Å². The number of hydrogen-bond donors (Lipinski definition) is 0. The molecule has 3 nitrogen and oxygen atoms in total. The molecule has 106 valence electrons. The molecule has 1 heterocycles. The Morgan fingerprint density at radius 1 is 1.20 bits per heavy atom. The van der Waals surface area contributed by atoms with Crippen LogP contribution < -0.4 is 0 Å². The van der Waals surface area contributed by atoms with Gasteiger partial charge in [0.2, 0.25) is 0 Å². The largest absolute Gasteiger partial charge is 0.404 e. The number of nitrogens with zero attached hydrogens (tertiary/aromatic N) is 3. The van der Waals surface area contributed by atoms with Crippen LogP contribution in [0, 0.1) is 0 Å². The van der Waals surface area contributed by atoms with E-state index in [4.69, 9.17) is 0 Å². The van der Waals surface area contributed by atoms with Crippen molar-refractivity contribution >= 4 is 11.8 Å². The van der Waals surface area contributed by atoms with Gasteiger partial charge in [0, 0.05) is 6.04 Å². The molecule has 0 radical (unpaired) electrons. The van der Waals surface area contributed by atoms with Crippen LogP contribution in [-0.2, 0) is 0 Å². The minimum absolute atomic E-state index is 0.232. The van der Waals surface area contributed by atoms with Crippen molar-refractivity contribution in [2.45, 2.75) is 35.5 Å². The second-order valence-electron chi connectivity index (χ2n) is 4.70. The Kier molecular flexibility index (Phi) is 3.45. The molecule has 0 spiro atoms. The molecule has 1 aliphatic carbocycles. The Morgan fingerprint density at radius 2 is 1.90 bits per heavy atom. The topological polar surface area (TPSA) is 30.7 Å². The number of alkyl halides is 3. The fourth-order valence-corrected chi connectivity index (χ4v) is 3.03. The van der Waals surface area contributed by atoms with Gasteiger partial charge in [-0.2, -0.15) is 13.2 Å². The molecule has 0 N–H and O–H groups in total. The number of rotatable bonds is 4. The standard InChI is InChI=1S/C13H12F3N3S/c14-13(15,16)11(9-4-2-1-3-5-9)20-12-18-17-8-19(12)10-6-7-10/h1-5,8,10-11H,6-7H2/t11-/m0/s1. The highest BCUT2D eigenvalue weighted by Crippen LogP contribution is 2.47. The number of aromatic nitrogens is 3. The van der Waals surface area contributed by atoms with Crippen LogP contribution in [0.25, 0.3) is 0 Å². The van der Waals surface area contributed by atoms with Crippen LogP contribution in [-0.4, -0.2) is 20.9 Å². The number of hydrogen-bond acceptors (Lipinski definition) is 3. The zero-order valence-electron chi connectivity index (χ0n) is 10.4. The van der Waals surface area contributed by atoms with Crippen molar-refractivity contribution in [3.63, 3.8) is 0 Å². The summed E-state index contributed by atoms with van der Waals surface area (Å²) in [5, 5.41) is 6.28. The average Bonchev–Trinajstić information content (AvgIpc) is 3.15. The molecule has 1 fully saturated rings. The summed E-state index contributed by atoms with van der Waals surface area (Å²) in [6.45, 7) is 0. The zero-order chi connectivity index (χ0) is 14.2. The van der Waals surface area contributed by atoms with Gasteiger partial charge in [-0.1, -0.05) is 42.1 Å². The molecule has 3 rings (SSSR count). The van der Waals surface area contributed by atoms with Gasteiger partial charge in [0.25, 0.3) is 0 Å². The summed E-state index contributed by atoms with van der Waals surface area (Å²) in [5.41, 5.74) is 0.232. The van der Waals surface area contributed by atoms with Crippen LogP contribution in [0.5, 0.6) is 0 Å². The second kappa shape index (κ2) is 5.12. The minimum atomic E-state index is -4.33. The highest BCUT2D eigenvalue weighted by Gasteiger charge is 2.43. The predicted octanol–water partition coefficient (Wildman–Crippen LogP) is 4.01. The lowest BCUT2D eigenvalue weighted by Gasteiger charge is -2.19. The maximum atomic E-state index is 13.3. The highest BCUT2D eigenvalue weighted by molar-refractivity contribution is 7.99. The Bertz CT molecular complexity index is 578. The molecular formula is C13H12F3N3S. The molecule has 2 aromatic rings. The molecule has 1 aromatic carbocycles. The van der Waals surface area contributed by atoms with Gasteiger partial charge in [0.05, 0.1) is 0 Å². The molecular weight excluding hydrogens is 287 g/mol. The number of thioether (sulfide) groups is 1. The molecule has 0 bridgehead atoms. The second-order valence-corrected chi connectivity index (χ2v) is 5.77. The molecule has 0 amide bonds. The third kappa shape index (κ3) is 2.82. The molecule has 0 unspecified atom stereocenters. The number of benzene rings is 1.